The molecule has 0 aromatic heterocycles. The Morgan fingerprint density at radius 2 is 1.28 bits per heavy atom. The summed E-state index contributed by atoms with van der Waals surface area (Å²) in [5.74, 6) is 0. The van der Waals surface area contributed by atoms with Gasteiger partial charge >= 0.3 is 0 Å². The van der Waals surface area contributed by atoms with Crippen molar-refractivity contribution in [3.63, 3.8) is 0 Å². The van der Waals surface area contributed by atoms with Crippen LogP contribution >= 0.6 is 0 Å². The molecule has 0 bridgehead atoms. The Kier molecular flexibility index (Phi) is 3.19. The number of fused-ring (bicyclic) bond motifs is 7. The number of nitrogens with zero attached hydrogens (tertiary/aromatic N) is 1. The zero-order chi connectivity index (χ0) is 17.0. The summed E-state index contributed by atoms with van der Waals surface area (Å²) >= 11 is 0. The van der Waals surface area contributed by atoms with Gasteiger partial charge in [-0.25, -0.2) is 0 Å². The minimum absolute atomic E-state index is 0.424. The number of hydrogen-bond donors (Lipinski definition) is 0. The second-order valence-electron chi connectivity index (χ2n) is 7.26. The molecule has 1 heteroatoms. The zero-order valence-corrected chi connectivity index (χ0v) is 14.7. The molecular weight excluding hydrogens is 302 g/mol. The maximum Gasteiger partial charge on any atom is 0.0388 e. The Labute approximate surface area is 148 Å². The Bertz CT molecular complexity index is 1110. The smallest absolute Gasteiger partial charge is 0.0388 e. The summed E-state index contributed by atoms with van der Waals surface area (Å²) in [6, 6.07) is 27.2. The van der Waals surface area contributed by atoms with Crippen LogP contribution in [-0.4, -0.2) is 19.0 Å². The number of likely N-dealkylation sites (N-methyl/N-ethyl adjacent to an activating group) is 1. The van der Waals surface area contributed by atoms with E-state index in [0.717, 1.165) is 6.42 Å². The number of benzene rings is 4. The maximum absolute atomic E-state index is 2.35. The van der Waals surface area contributed by atoms with Crippen LogP contribution in [0.25, 0.3) is 32.7 Å². The molecule has 25 heavy (non-hydrogen) atoms. The molecule has 0 N–H and O–H groups in total. The first-order valence-corrected chi connectivity index (χ1v) is 8.93. The maximum atomic E-state index is 2.35. The minimum Gasteiger partial charge on any atom is -0.302 e. The lowest BCUT2D eigenvalue weighted by Crippen LogP contribution is -2.25. The molecule has 0 saturated carbocycles. The van der Waals surface area contributed by atoms with Crippen LogP contribution in [0.2, 0.25) is 0 Å². The van der Waals surface area contributed by atoms with Crippen LogP contribution < -0.4 is 0 Å². The summed E-state index contributed by atoms with van der Waals surface area (Å²) in [6.45, 7) is 0. The molecule has 4 aromatic rings. The van der Waals surface area contributed by atoms with Crippen molar-refractivity contribution >= 4 is 21.5 Å². The fraction of sp³-hybridized carbons (Fsp3) is 0.167. The third-order valence-electron chi connectivity index (χ3n) is 5.62. The van der Waals surface area contributed by atoms with Gasteiger partial charge in [0.1, 0.15) is 0 Å². The van der Waals surface area contributed by atoms with E-state index in [1.54, 1.807) is 0 Å². The monoisotopic (exact) mass is 323 g/mol. The second kappa shape index (κ2) is 5.44. The van der Waals surface area contributed by atoms with Gasteiger partial charge in [-0.1, -0.05) is 72.8 Å². The first kappa shape index (κ1) is 14.7. The Hall–Kier alpha value is -2.64. The average Bonchev–Trinajstić information content (AvgIpc) is 2.66. The molecule has 1 aliphatic carbocycles. The minimum atomic E-state index is 0.424. The highest BCUT2D eigenvalue weighted by Crippen LogP contribution is 2.46. The van der Waals surface area contributed by atoms with Crippen LogP contribution in [0, 0.1) is 0 Å². The average molecular weight is 323 g/mol. The molecule has 0 unspecified atom stereocenters. The molecule has 1 atom stereocenters. The highest BCUT2D eigenvalue weighted by Gasteiger charge is 2.28. The molecule has 122 valence electrons. The lowest BCUT2D eigenvalue weighted by atomic mass is 9.78. The van der Waals surface area contributed by atoms with E-state index in [2.05, 4.69) is 91.8 Å². The molecule has 0 saturated heterocycles. The van der Waals surface area contributed by atoms with E-state index in [9.17, 15) is 0 Å². The van der Waals surface area contributed by atoms with E-state index >= 15 is 0 Å². The van der Waals surface area contributed by atoms with Gasteiger partial charge in [0.25, 0.3) is 0 Å². The molecule has 1 aliphatic rings. The quantitative estimate of drug-likeness (QED) is 0.427. The largest absolute Gasteiger partial charge is 0.302 e. The standard InChI is InChI=1S/C24H21N/c1-25(2)22-15-18-12-11-16-7-3-5-9-19(16)23(18)24-20-10-6-4-8-17(20)13-14-21(22)24/h3-14,22H,15H2,1-2H3/t22-/m1/s1. The fourth-order valence-corrected chi connectivity index (χ4v) is 4.41. The molecule has 5 rings (SSSR count). The zero-order valence-electron chi connectivity index (χ0n) is 14.7. The van der Waals surface area contributed by atoms with E-state index < -0.39 is 0 Å². The summed E-state index contributed by atoms with van der Waals surface area (Å²) in [5.41, 5.74) is 5.77. The van der Waals surface area contributed by atoms with Crippen LogP contribution in [0.3, 0.4) is 0 Å². The van der Waals surface area contributed by atoms with E-state index in [0.29, 0.717) is 6.04 Å². The van der Waals surface area contributed by atoms with Crippen molar-refractivity contribution < 1.29 is 0 Å². The molecule has 0 fully saturated rings. The third-order valence-corrected chi connectivity index (χ3v) is 5.62. The molecule has 1 nitrogen and oxygen atoms in total. The summed E-state index contributed by atoms with van der Waals surface area (Å²) < 4.78 is 0. The molecule has 4 aromatic carbocycles. The number of rotatable bonds is 1. The Morgan fingerprint density at radius 3 is 1.96 bits per heavy atom. The Balaban J connectivity index is 1.97. The number of hydrogen-bond acceptors (Lipinski definition) is 1. The molecule has 0 heterocycles. The SMILES string of the molecule is CN(C)[C@@H]1Cc2ccc3ccccc3c2-c2c1ccc1ccccc21. The normalized spacial score (nSPS) is 16.2. The molecule has 0 spiro atoms. The lowest BCUT2D eigenvalue weighted by Gasteiger charge is -2.34. The van der Waals surface area contributed by atoms with Gasteiger partial charge in [-0.15, -0.1) is 0 Å². The molecule has 0 aliphatic heterocycles. The summed E-state index contributed by atoms with van der Waals surface area (Å²) in [6.07, 6.45) is 1.07. The van der Waals surface area contributed by atoms with E-state index in [4.69, 9.17) is 0 Å². The van der Waals surface area contributed by atoms with Crippen molar-refractivity contribution in [2.75, 3.05) is 14.1 Å². The van der Waals surface area contributed by atoms with Crippen LogP contribution in [0.1, 0.15) is 17.2 Å². The topological polar surface area (TPSA) is 3.24 Å². The molecule has 0 radical (unpaired) electrons. The van der Waals surface area contributed by atoms with Crippen molar-refractivity contribution in [1.29, 1.82) is 0 Å². The van der Waals surface area contributed by atoms with Gasteiger partial charge in [0.05, 0.1) is 0 Å². The van der Waals surface area contributed by atoms with Crippen LogP contribution in [-0.2, 0) is 6.42 Å². The molecule has 0 amide bonds. The Morgan fingerprint density at radius 1 is 0.680 bits per heavy atom. The summed E-state index contributed by atoms with van der Waals surface area (Å²) in [7, 11) is 4.38. The van der Waals surface area contributed by atoms with Gasteiger partial charge in [0.15, 0.2) is 0 Å². The third kappa shape index (κ3) is 2.13. The van der Waals surface area contributed by atoms with Crippen LogP contribution in [0.4, 0.5) is 0 Å². The summed E-state index contributed by atoms with van der Waals surface area (Å²) in [4.78, 5) is 2.35. The lowest BCUT2D eigenvalue weighted by molar-refractivity contribution is 0.296. The highest BCUT2D eigenvalue weighted by atomic mass is 15.1. The van der Waals surface area contributed by atoms with Crippen molar-refractivity contribution in [1.82, 2.24) is 4.90 Å². The van der Waals surface area contributed by atoms with E-state index in [1.165, 1.54) is 43.8 Å². The van der Waals surface area contributed by atoms with Gasteiger partial charge in [-0.05, 0) is 64.3 Å². The first-order valence-electron chi connectivity index (χ1n) is 8.93. The van der Waals surface area contributed by atoms with Crippen molar-refractivity contribution in [3.8, 4) is 11.1 Å². The van der Waals surface area contributed by atoms with Gasteiger partial charge in [0.2, 0.25) is 0 Å². The molecular formula is C24H21N. The first-order chi connectivity index (χ1) is 12.2. The fourth-order valence-electron chi connectivity index (χ4n) is 4.41. The van der Waals surface area contributed by atoms with Crippen molar-refractivity contribution in [2.45, 2.75) is 12.5 Å². The predicted molar refractivity (Wildman–Crippen MR) is 107 cm³/mol. The van der Waals surface area contributed by atoms with Crippen molar-refractivity contribution in [2.24, 2.45) is 0 Å². The van der Waals surface area contributed by atoms with Gasteiger partial charge in [0, 0.05) is 6.04 Å². The van der Waals surface area contributed by atoms with Gasteiger partial charge in [-0.3, -0.25) is 0 Å². The van der Waals surface area contributed by atoms with Gasteiger partial charge in [-0.2, -0.15) is 0 Å². The van der Waals surface area contributed by atoms with E-state index in [-0.39, 0.29) is 0 Å². The van der Waals surface area contributed by atoms with Gasteiger partial charge < -0.3 is 4.90 Å². The predicted octanol–water partition coefficient (Wildman–Crippen LogP) is 5.82. The summed E-state index contributed by atoms with van der Waals surface area (Å²) in [5, 5.41) is 5.38. The van der Waals surface area contributed by atoms with Crippen LogP contribution in [0.5, 0.6) is 0 Å². The van der Waals surface area contributed by atoms with Crippen molar-refractivity contribution in [3.05, 3.63) is 83.9 Å². The van der Waals surface area contributed by atoms with Crippen LogP contribution in [0.15, 0.2) is 72.8 Å². The second-order valence-corrected chi connectivity index (χ2v) is 7.26. The van der Waals surface area contributed by atoms with E-state index in [1.807, 2.05) is 0 Å². The highest BCUT2D eigenvalue weighted by molar-refractivity contribution is 6.08.